The van der Waals surface area contributed by atoms with Crippen molar-refractivity contribution in [3.05, 3.63) is 59.2 Å². The molecule has 0 fully saturated rings. The Labute approximate surface area is 180 Å². The second-order valence-corrected chi connectivity index (χ2v) is 8.16. The first-order valence-corrected chi connectivity index (χ1v) is 10.9. The summed E-state index contributed by atoms with van der Waals surface area (Å²) in [6, 6.07) is 12.5. The van der Waals surface area contributed by atoms with Gasteiger partial charge in [0.15, 0.2) is 5.78 Å². The van der Waals surface area contributed by atoms with Crippen LogP contribution in [0.2, 0.25) is 0 Å². The molecule has 0 bridgehead atoms. The molecule has 162 valence electrons. The van der Waals surface area contributed by atoms with Gasteiger partial charge in [-0.05, 0) is 74.9 Å². The summed E-state index contributed by atoms with van der Waals surface area (Å²) >= 11 is 0. The van der Waals surface area contributed by atoms with Crippen molar-refractivity contribution >= 4 is 11.6 Å². The van der Waals surface area contributed by atoms with E-state index >= 15 is 0 Å². The lowest BCUT2D eigenvalue weighted by Gasteiger charge is -2.30. The van der Waals surface area contributed by atoms with Gasteiger partial charge < -0.3 is 9.84 Å². The van der Waals surface area contributed by atoms with Crippen molar-refractivity contribution in [2.24, 2.45) is 5.41 Å². The molecule has 0 saturated heterocycles. The van der Waals surface area contributed by atoms with Crippen LogP contribution in [0.3, 0.4) is 0 Å². The number of aryl methyl sites for hydroxylation is 2. The molecule has 0 atom stereocenters. The lowest BCUT2D eigenvalue weighted by Crippen LogP contribution is -2.31. The Morgan fingerprint density at radius 3 is 2.23 bits per heavy atom. The minimum absolute atomic E-state index is 0.0624. The summed E-state index contributed by atoms with van der Waals surface area (Å²) in [6.07, 6.45) is 3.46. The monoisotopic (exact) mass is 410 g/mol. The summed E-state index contributed by atoms with van der Waals surface area (Å²) in [5.74, 6) is 0.965. The number of carbonyl (C=O) groups is 2. The fraction of sp³-hybridized carbons (Fsp3) is 0.462. The number of benzene rings is 2. The summed E-state index contributed by atoms with van der Waals surface area (Å²) in [5, 5.41) is 9.55. The molecule has 0 unspecified atom stereocenters. The van der Waals surface area contributed by atoms with E-state index in [0.29, 0.717) is 12.2 Å². The Hall–Kier alpha value is -2.62. The molecule has 0 heterocycles. The maximum atomic E-state index is 13.0. The third-order valence-corrected chi connectivity index (χ3v) is 5.96. The van der Waals surface area contributed by atoms with Crippen LogP contribution in [-0.2, 0) is 4.79 Å². The van der Waals surface area contributed by atoms with Gasteiger partial charge in [0, 0.05) is 23.8 Å². The zero-order chi connectivity index (χ0) is 22.1. The topological polar surface area (TPSA) is 63.6 Å². The van der Waals surface area contributed by atoms with Gasteiger partial charge in [-0.15, -0.1) is 0 Å². The first-order chi connectivity index (χ1) is 14.3. The SMILES string of the molecule is CCC(CC)(CCCOc1cc(C)cc(C)c1)C(=O)CCC(=O)c1cccc(O)c1. The van der Waals surface area contributed by atoms with Gasteiger partial charge in [-0.1, -0.05) is 32.0 Å². The highest BCUT2D eigenvalue weighted by Crippen LogP contribution is 2.35. The van der Waals surface area contributed by atoms with E-state index in [0.717, 1.165) is 31.4 Å². The van der Waals surface area contributed by atoms with Gasteiger partial charge in [-0.2, -0.15) is 0 Å². The van der Waals surface area contributed by atoms with Crippen LogP contribution in [0, 0.1) is 19.3 Å². The number of rotatable bonds is 12. The predicted molar refractivity (Wildman–Crippen MR) is 120 cm³/mol. The van der Waals surface area contributed by atoms with Crippen molar-refractivity contribution in [1.82, 2.24) is 0 Å². The Balaban J connectivity index is 1.90. The number of ether oxygens (including phenoxy) is 1. The van der Waals surface area contributed by atoms with E-state index in [9.17, 15) is 14.7 Å². The number of aromatic hydroxyl groups is 1. The Morgan fingerprint density at radius 1 is 0.967 bits per heavy atom. The molecule has 0 aromatic heterocycles. The van der Waals surface area contributed by atoms with E-state index < -0.39 is 5.41 Å². The summed E-state index contributed by atoms with van der Waals surface area (Å²) < 4.78 is 5.91. The quantitative estimate of drug-likeness (QED) is 0.334. The minimum atomic E-state index is -0.412. The van der Waals surface area contributed by atoms with Crippen LogP contribution in [0.4, 0.5) is 0 Å². The molecule has 0 aliphatic carbocycles. The van der Waals surface area contributed by atoms with E-state index in [-0.39, 0.29) is 30.2 Å². The highest BCUT2D eigenvalue weighted by molar-refractivity contribution is 5.99. The van der Waals surface area contributed by atoms with Crippen LogP contribution in [0.1, 0.15) is 73.9 Å². The molecule has 2 aromatic rings. The summed E-state index contributed by atoms with van der Waals surface area (Å²) in [5.41, 5.74) is 2.38. The van der Waals surface area contributed by atoms with Gasteiger partial charge in [0.25, 0.3) is 0 Å². The van der Waals surface area contributed by atoms with Gasteiger partial charge in [0.2, 0.25) is 0 Å². The van der Waals surface area contributed by atoms with Gasteiger partial charge >= 0.3 is 0 Å². The van der Waals surface area contributed by atoms with Crippen LogP contribution >= 0.6 is 0 Å². The molecular weight excluding hydrogens is 376 g/mol. The zero-order valence-corrected chi connectivity index (χ0v) is 18.7. The Kier molecular flexibility index (Phi) is 8.64. The highest BCUT2D eigenvalue weighted by atomic mass is 16.5. The Bertz CT molecular complexity index is 845. The number of carbonyl (C=O) groups excluding carboxylic acids is 2. The molecule has 0 aliphatic heterocycles. The second-order valence-electron chi connectivity index (χ2n) is 8.16. The first-order valence-electron chi connectivity index (χ1n) is 10.9. The van der Waals surface area contributed by atoms with Gasteiger partial charge in [0.05, 0.1) is 6.61 Å². The molecule has 0 aliphatic rings. The third kappa shape index (κ3) is 6.45. The van der Waals surface area contributed by atoms with Gasteiger partial charge in [-0.3, -0.25) is 9.59 Å². The highest BCUT2D eigenvalue weighted by Gasteiger charge is 2.33. The van der Waals surface area contributed by atoms with E-state index in [1.54, 1.807) is 12.1 Å². The molecule has 30 heavy (non-hydrogen) atoms. The Morgan fingerprint density at radius 2 is 1.63 bits per heavy atom. The zero-order valence-electron chi connectivity index (χ0n) is 18.7. The number of ketones is 2. The van der Waals surface area contributed by atoms with E-state index in [1.165, 1.54) is 23.3 Å². The smallest absolute Gasteiger partial charge is 0.163 e. The molecule has 0 radical (unpaired) electrons. The second kappa shape index (κ2) is 11.0. The summed E-state index contributed by atoms with van der Waals surface area (Å²) in [4.78, 5) is 25.4. The number of phenols is 1. The standard InChI is InChI=1S/C26H34O4/c1-5-26(6-2,13-8-14-30-23-16-19(3)15-20(4)17-23)25(29)12-11-24(28)21-9-7-10-22(27)18-21/h7,9-10,15-18,27H,5-6,8,11-14H2,1-4H3. The minimum Gasteiger partial charge on any atom is -0.508 e. The lowest BCUT2D eigenvalue weighted by atomic mass is 9.73. The maximum absolute atomic E-state index is 13.0. The molecule has 1 N–H and O–H groups in total. The van der Waals surface area contributed by atoms with Crippen LogP contribution < -0.4 is 4.74 Å². The lowest BCUT2D eigenvalue weighted by molar-refractivity contribution is -0.129. The molecule has 2 aromatic carbocycles. The van der Waals surface area contributed by atoms with Crippen molar-refractivity contribution < 1.29 is 19.4 Å². The largest absolute Gasteiger partial charge is 0.508 e. The fourth-order valence-electron chi connectivity index (χ4n) is 4.07. The molecule has 0 saturated carbocycles. The molecule has 0 spiro atoms. The van der Waals surface area contributed by atoms with Crippen molar-refractivity contribution in [1.29, 1.82) is 0 Å². The molecule has 4 heteroatoms. The van der Waals surface area contributed by atoms with Crippen molar-refractivity contribution in [3.8, 4) is 11.5 Å². The number of Topliss-reactive ketones (excluding diaryl/α,β-unsaturated/α-hetero) is 2. The normalized spacial score (nSPS) is 11.3. The van der Waals surface area contributed by atoms with E-state index in [1.807, 2.05) is 26.0 Å². The fourth-order valence-corrected chi connectivity index (χ4v) is 4.07. The average molecular weight is 411 g/mol. The molecule has 2 rings (SSSR count). The third-order valence-electron chi connectivity index (χ3n) is 5.96. The maximum Gasteiger partial charge on any atom is 0.163 e. The van der Waals surface area contributed by atoms with Crippen LogP contribution in [0.5, 0.6) is 11.5 Å². The van der Waals surface area contributed by atoms with E-state index in [2.05, 4.69) is 19.9 Å². The molecule has 4 nitrogen and oxygen atoms in total. The van der Waals surface area contributed by atoms with Crippen LogP contribution in [0.15, 0.2) is 42.5 Å². The van der Waals surface area contributed by atoms with Gasteiger partial charge in [0.1, 0.15) is 17.3 Å². The van der Waals surface area contributed by atoms with Crippen LogP contribution in [0.25, 0.3) is 0 Å². The number of hydrogen-bond donors (Lipinski definition) is 1. The number of hydrogen-bond acceptors (Lipinski definition) is 4. The summed E-state index contributed by atoms with van der Waals surface area (Å²) in [7, 11) is 0. The number of phenolic OH excluding ortho intramolecular Hbond substituents is 1. The predicted octanol–water partition coefficient (Wildman–Crippen LogP) is 6.21. The van der Waals surface area contributed by atoms with Crippen molar-refractivity contribution in [2.75, 3.05) is 6.61 Å². The summed E-state index contributed by atoms with van der Waals surface area (Å²) in [6.45, 7) is 8.76. The van der Waals surface area contributed by atoms with E-state index in [4.69, 9.17) is 4.74 Å². The van der Waals surface area contributed by atoms with Crippen molar-refractivity contribution in [2.45, 2.75) is 66.2 Å². The molecular formula is C26H34O4. The van der Waals surface area contributed by atoms with Crippen LogP contribution in [-0.4, -0.2) is 23.3 Å². The average Bonchev–Trinajstić information content (AvgIpc) is 2.71. The first kappa shape index (κ1) is 23.7. The molecule has 0 amide bonds. The van der Waals surface area contributed by atoms with Gasteiger partial charge in [-0.25, -0.2) is 0 Å². The van der Waals surface area contributed by atoms with Crippen molar-refractivity contribution in [3.63, 3.8) is 0 Å².